The van der Waals surface area contributed by atoms with Crippen molar-refractivity contribution < 1.29 is 19.1 Å². The molecule has 3 aromatic carbocycles. The number of anilines is 2. The molecule has 0 fully saturated rings. The second-order valence-electron chi connectivity index (χ2n) is 8.01. The van der Waals surface area contributed by atoms with Gasteiger partial charge in [0, 0.05) is 0 Å². The van der Waals surface area contributed by atoms with Gasteiger partial charge in [0.05, 0.1) is 22.7 Å². The first-order valence-corrected chi connectivity index (χ1v) is 12.0. The molecule has 2 aliphatic heterocycles. The van der Waals surface area contributed by atoms with E-state index in [4.69, 9.17) is 9.47 Å². The van der Waals surface area contributed by atoms with Gasteiger partial charge in [0.1, 0.15) is 11.8 Å². The number of hydrogen-bond acceptors (Lipinski definition) is 7. The standard InChI is InChI=1S/C27H20N4O4S/c1-17-6-9-20(10-7-17)31-26(33)22(12-18-8-11-23-24(13-18)35-16-34-23)30-27(31)36-15-25(32)29-21-5-3-2-4-19(21)14-28/h2-13H,15-16H2,1H3,(H,29,32)/b22-12+. The molecule has 2 heterocycles. The van der Waals surface area contributed by atoms with Crippen molar-refractivity contribution in [2.75, 3.05) is 22.8 Å². The number of carbonyl (C=O) groups is 2. The normalized spacial score (nSPS) is 15.1. The smallest absolute Gasteiger partial charge is 0.283 e. The second-order valence-corrected chi connectivity index (χ2v) is 8.95. The number of ether oxygens (including phenoxy) is 2. The van der Waals surface area contributed by atoms with E-state index in [1.807, 2.05) is 37.3 Å². The van der Waals surface area contributed by atoms with E-state index in [2.05, 4.69) is 16.4 Å². The lowest BCUT2D eigenvalue weighted by atomic mass is 10.1. The van der Waals surface area contributed by atoms with Gasteiger partial charge in [-0.15, -0.1) is 0 Å². The molecule has 9 heteroatoms. The Kier molecular flexibility index (Phi) is 6.43. The molecule has 0 radical (unpaired) electrons. The molecule has 0 aliphatic carbocycles. The van der Waals surface area contributed by atoms with Crippen molar-refractivity contribution in [3.8, 4) is 17.6 Å². The largest absolute Gasteiger partial charge is 0.454 e. The van der Waals surface area contributed by atoms with Gasteiger partial charge >= 0.3 is 0 Å². The van der Waals surface area contributed by atoms with E-state index in [-0.39, 0.29) is 30.1 Å². The zero-order chi connectivity index (χ0) is 25.1. The predicted molar refractivity (Wildman–Crippen MR) is 139 cm³/mol. The Hall–Kier alpha value is -4.55. The lowest BCUT2D eigenvalue weighted by Crippen LogP contribution is -2.31. The van der Waals surface area contributed by atoms with Crippen LogP contribution >= 0.6 is 11.8 Å². The SMILES string of the molecule is Cc1ccc(N2C(=O)/C(=C\c3ccc4c(c3)OCO4)N=C2SCC(=O)Nc2ccccc2C#N)cc1. The summed E-state index contributed by atoms with van der Waals surface area (Å²) in [5, 5.41) is 12.4. The van der Waals surface area contributed by atoms with Crippen molar-refractivity contribution >= 4 is 46.2 Å². The molecule has 2 amide bonds. The summed E-state index contributed by atoms with van der Waals surface area (Å²) in [6.45, 7) is 2.13. The van der Waals surface area contributed by atoms with E-state index in [1.165, 1.54) is 4.90 Å². The number of amides is 2. The topological polar surface area (TPSA) is 104 Å². The minimum absolute atomic E-state index is 0.00550. The van der Waals surface area contributed by atoms with Crippen LogP contribution in [-0.4, -0.2) is 29.5 Å². The van der Waals surface area contributed by atoms with Gasteiger partial charge in [0.2, 0.25) is 12.7 Å². The summed E-state index contributed by atoms with van der Waals surface area (Å²) in [7, 11) is 0. The van der Waals surface area contributed by atoms with Crippen LogP contribution in [0.5, 0.6) is 11.5 Å². The summed E-state index contributed by atoms with van der Waals surface area (Å²) in [5.41, 5.74) is 3.51. The minimum atomic E-state index is -0.310. The van der Waals surface area contributed by atoms with E-state index < -0.39 is 0 Å². The zero-order valence-electron chi connectivity index (χ0n) is 19.2. The van der Waals surface area contributed by atoms with Crippen LogP contribution in [0.3, 0.4) is 0 Å². The van der Waals surface area contributed by atoms with Crippen LogP contribution in [0.15, 0.2) is 77.4 Å². The van der Waals surface area contributed by atoms with Crippen molar-refractivity contribution in [2.24, 2.45) is 4.99 Å². The zero-order valence-corrected chi connectivity index (χ0v) is 20.0. The molecule has 2 aliphatic rings. The van der Waals surface area contributed by atoms with Crippen molar-refractivity contribution in [3.63, 3.8) is 0 Å². The number of nitriles is 1. The number of fused-ring (bicyclic) bond motifs is 1. The van der Waals surface area contributed by atoms with Crippen molar-refractivity contribution in [2.45, 2.75) is 6.92 Å². The predicted octanol–water partition coefficient (Wildman–Crippen LogP) is 4.71. The average molecular weight is 497 g/mol. The van der Waals surface area contributed by atoms with Crippen LogP contribution < -0.4 is 19.7 Å². The third kappa shape index (κ3) is 4.80. The Balaban J connectivity index is 1.39. The Morgan fingerprint density at radius 2 is 1.92 bits per heavy atom. The molecule has 0 unspecified atom stereocenters. The first kappa shape index (κ1) is 23.2. The third-order valence-electron chi connectivity index (χ3n) is 5.48. The molecule has 5 rings (SSSR count). The van der Waals surface area contributed by atoms with Gasteiger partial charge in [-0.05, 0) is 55.0 Å². The van der Waals surface area contributed by atoms with Gasteiger partial charge in [-0.2, -0.15) is 5.26 Å². The highest BCUT2D eigenvalue weighted by Gasteiger charge is 2.32. The Labute approximate surface area is 211 Å². The number of nitrogens with zero attached hydrogens (tertiary/aromatic N) is 3. The highest BCUT2D eigenvalue weighted by atomic mass is 32.2. The van der Waals surface area contributed by atoms with E-state index >= 15 is 0 Å². The number of aryl methyl sites for hydroxylation is 1. The van der Waals surface area contributed by atoms with Crippen LogP contribution in [-0.2, 0) is 9.59 Å². The fourth-order valence-electron chi connectivity index (χ4n) is 3.68. The number of hydrogen-bond donors (Lipinski definition) is 1. The molecule has 8 nitrogen and oxygen atoms in total. The molecule has 0 saturated heterocycles. The molecule has 36 heavy (non-hydrogen) atoms. The molecule has 3 aromatic rings. The number of benzene rings is 3. The Morgan fingerprint density at radius 3 is 2.72 bits per heavy atom. The van der Waals surface area contributed by atoms with Crippen molar-refractivity contribution in [1.29, 1.82) is 5.26 Å². The molecular formula is C27H20N4O4S. The first-order chi connectivity index (χ1) is 17.5. The van der Waals surface area contributed by atoms with Gasteiger partial charge in [-0.1, -0.05) is 47.7 Å². The summed E-state index contributed by atoms with van der Waals surface area (Å²) in [6.07, 6.45) is 1.68. The number of thioether (sulfide) groups is 1. The molecule has 0 bridgehead atoms. The van der Waals surface area contributed by atoms with Crippen molar-refractivity contribution in [1.82, 2.24) is 0 Å². The summed E-state index contributed by atoms with van der Waals surface area (Å²) < 4.78 is 10.8. The number of para-hydroxylation sites is 1. The van der Waals surface area contributed by atoms with Gasteiger partial charge in [0.25, 0.3) is 5.91 Å². The molecular weight excluding hydrogens is 476 g/mol. The van der Waals surface area contributed by atoms with Crippen LogP contribution in [0.1, 0.15) is 16.7 Å². The summed E-state index contributed by atoms with van der Waals surface area (Å²) in [5.74, 6) is 0.660. The molecule has 178 valence electrons. The highest BCUT2D eigenvalue weighted by Crippen LogP contribution is 2.34. The number of carbonyl (C=O) groups excluding carboxylic acids is 2. The second kappa shape index (κ2) is 9.98. The maximum Gasteiger partial charge on any atom is 0.283 e. The van der Waals surface area contributed by atoms with Crippen LogP contribution in [0.2, 0.25) is 0 Å². The van der Waals surface area contributed by atoms with Gasteiger partial charge in [-0.3, -0.25) is 14.5 Å². The van der Waals surface area contributed by atoms with Crippen LogP contribution in [0, 0.1) is 18.3 Å². The maximum atomic E-state index is 13.4. The van der Waals surface area contributed by atoms with E-state index in [0.29, 0.717) is 33.6 Å². The van der Waals surface area contributed by atoms with E-state index in [0.717, 1.165) is 22.9 Å². The Morgan fingerprint density at radius 1 is 1.14 bits per heavy atom. The summed E-state index contributed by atoms with van der Waals surface area (Å²) in [6, 6.07) is 21.8. The average Bonchev–Trinajstić information content (AvgIpc) is 3.47. The molecule has 0 atom stereocenters. The maximum absolute atomic E-state index is 13.4. The lowest BCUT2D eigenvalue weighted by Gasteiger charge is -2.18. The third-order valence-corrected chi connectivity index (χ3v) is 6.41. The highest BCUT2D eigenvalue weighted by molar-refractivity contribution is 8.14. The fourth-order valence-corrected chi connectivity index (χ4v) is 4.49. The molecule has 0 spiro atoms. The van der Waals surface area contributed by atoms with E-state index in [9.17, 15) is 14.9 Å². The van der Waals surface area contributed by atoms with Gasteiger partial charge < -0.3 is 14.8 Å². The van der Waals surface area contributed by atoms with Gasteiger partial charge in [-0.25, -0.2) is 4.99 Å². The number of amidine groups is 1. The lowest BCUT2D eigenvalue weighted by molar-refractivity contribution is -0.114. The number of rotatable bonds is 5. The number of aliphatic imine (C=N–C) groups is 1. The molecule has 1 N–H and O–H groups in total. The van der Waals surface area contributed by atoms with Crippen LogP contribution in [0.4, 0.5) is 11.4 Å². The number of nitrogens with one attached hydrogen (secondary N) is 1. The van der Waals surface area contributed by atoms with Crippen molar-refractivity contribution in [3.05, 3.63) is 89.1 Å². The minimum Gasteiger partial charge on any atom is -0.454 e. The monoisotopic (exact) mass is 496 g/mol. The Bertz CT molecular complexity index is 1460. The van der Waals surface area contributed by atoms with Crippen LogP contribution in [0.25, 0.3) is 6.08 Å². The molecule has 0 saturated carbocycles. The summed E-state index contributed by atoms with van der Waals surface area (Å²) in [4.78, 5) is 32.1. The van der Waals surface area contributed by atoms with E-state index in [1.54, 1.807) is 42.5 Å². The van der Waals surface area contributed by atoms with Gasteiger partial charge in [0.15, 0.2) is 16.7 Å². The fraction of sp³-hybridized carbons (Fsp3) is 0.111. The quantitative estimate of drug-likeness (QED) is 0.513. The molecule has 0 aromatic heterocycles. The summed E-state index contributed by atoms with van der Waals surface area (Å²) >= 11 is 1.14. The first-order valence-electron chi connectivity index (χ1n) is 11.0.